The Morgan fingerprint density at radius 3 is 2.78 bits per heavy atom. The van der Waals surface area contributed by atoms with Crippen molar-refractivity contribution < 1.29 is 18.0 Å². The van der Waals surface area contributed by atoms with Crippen molar-refractivity contribution in [2.45, 2.75) is 19.1 Å². The van der Waals surface area contributed by atoms with Gasteiger partial charge >= 0.3 is 6.18 Å². The van der Waals surface area contributed by atoms with Crippen LogP contribution in [0.3, 0.4) is 0 Å². The molecule has 0 spiro atoms. The molecule has 1 amide bonds. The molecular weight excluding hydrogens is 329 g/mol. The Morgan fingerprint density at radius 2 is 2.09 bits per heavy atom. The first kappa shape index (κ1) is 15.5. The number of nitrogens with zero attached hydrogens (tertiary/aromatic N) is 3. The first-order chi connectivity index (χ1) is 10.9. The van der Waals surface area contributed by atoms with Crippen molar-refractivity contribution in [1.82, 2.24) is 19.9 Å². The lowest BCUT2D eigenvalue weighted by atomic mass is 10.3. The summed E-state index contributed by atoms with van der Waals surface area (Å²) >= 11 is 1.46. The number of pyridine rings is 1. The van der Waals surface area contributed by atoms with E-state index in [1.54, 1.807) is 0 Å². The number of amides is 1. The third-order valence-electron chi connectivity index (χ3n) is 3.16. The highest BCUT2D eigenvalue weighted by Crippen LogP contribution is 2.29. The standard InChI is InChI=1S/C14H11F3N4OS/c15-14(16,17)9-3-4-11-19-20-12(21(11)8-9)7-18-13(22)6-10-2-1-5-23-10/h1-5,8H,6-7H2,(H,18,22). The van der Waals surface area contributed by atoms with Gasteiger partial charge in [-0.15, -0.1) is 21.5 Å². The minimum Gasteiger partial charge on any atom is -0.348 e. The van der Waals surface area contributed by atoms with Crippen LogP contribution in [-0.4, -0.2) is 20.5 Å². The van der Waals surface area contributed by atoms with Crippen LogP contribution < -0.4 is 5.32 Å². The summed E-state index contributed by atoms with van der Waals surface area (Å²) < 4.78 is 39.5. The zero-order valence-electron chi connectivity index (χ0n) is 11.7. The largest absolute Gasteiger partial charge is 0.417 e. The van der Waals surface area contributed by atoms with Crippen LogP contribution in [0.5, 0.6) is 0 Å². The molecule has 3 rings (SSSR count). The molecule has 0 aliphatic rings. The van der Waals surface area contributed by atoms with Gasteiger partial charge in [-0.1, -0.05) is 6.07 Å². The first-order valence-electron chi connectivity index (χ1n) is 6.63. The smallest absolute Gasteiger partial charge is 0.348 e. The summed E-state index contributed by atoms with van der Waals surface area (Å²) in [6, 6.07) is 5.88. The predicted molar refractivity (Wildman–Crippen MR) is 77.9 cm³/mol. The highest BCUT2D eigenvalue weighted by Gasteiger charge is 2.31. The van der Waals surface area contributed by atoms with Gasteiger partial charge in [0.05, 0.1) is 18.5 Å². The molecule has 3 aromatic heterocycles. The molecule has 0 saturated heterocycles. The molecule has 0 fully saturated rings. The quantitative estimate of drug-likeness (QED) is 0.794. The SMILES string of the molecule is O=C(Cc1cccs1)NCc1nnc2ccc(C(F)(F)F)cn12. The van der Waals surface area contributed by atoms with Crippen molar-refractivity contribution in [3.63, 3.8) is 0 Å². The van der Waals surface area contributed by atoms with E-state index in [1.807, 2.05) is 17.5 Å². The molecular formula is C14H11F3N4OS. The minimum atomic E-state index is -4.45. The molecule has 0 aromatic carbocycles. The summed E-state index contributed by atoms with van der Waals surface area (Å²) in [5.41, 5.74) is -0.503. The summed E-state index contributed by atoms with van der Waals surface area (Å²) in [4.78, 5) is 12.7. The fraction of sp³-hybridized carbons (Fsp3) is 0.214. The number of fused-ring (bicyclic) bond motifs is 1. The van der Waals surface area contributed by atoms with Gasteiger partial charge in [-0.2, -0.15) is 13.2 Å². The number of alkyl halides is 3. The molecule has 0 aliphatic carbocycles. The Hall–Kier alpha value is -2.42. The van der Waals surface area contributed by atoms with E-state index in [0.29, 0.717) is 5.65 Å². The molecule has 0 saturated carbocycles. The Labute approximate surface area is 132 Å². The number of halogens is 3. The molecule has 1 N–H and O–H groups in total. The molecule has 5 nitrogen and oxygen atoms in total. The van der Waals surface area contributed by atoms with E-state index >= 15 is 0 Å². The van der Waals surface area contributed by atoms with Crippen LogP contribution in [0.15, 0.2) is 35.8 Å². The predicted octanol–water partition coefficient (Wildman–Crippen LogP) is 2.67. The summed E-state index contributed by atoms with van der Waals surface area (Å²) in [5.74, 6) is 0.0156. The van der Waals surface area contributed by atoms with Gasteiger partial charge in [0.25, 0.3) is 0 Å². The maximum atomic E-state index is 12.8. The summed E-state index contributed by atoms with van der Waals surface area (Å²) in [6.45, 7) is 0.00663. The topological polar surface area (TPSA) is 59.3 Å². The molecule has 9 heteroatoms. The lowest BCUT2D eigenvalue weighted by Gasteiger charge is -2.08. The number of thiophene rings is 1. The van der Waals surface area contributed by atoms with E-state index in [2.05, 4.69) is 15.5 Å². The number of hydrogen-bond acceptors (Lipinski definition) is 4. The van der Waals surface area contributed by atoms with Crippen molar-refractivity contribution in [1.29, 1.82) is 0 Å². The monoisotopic (exact) mass is 340 g/mol. The fourth-order valence-electron chi connectivity index (χ4n) is 2.04. The van der Waals surface area contributed by atoms with Gasteiger partial charge in [-0.3, -0.25) is 9.20 Å². The second kappa shape index (κ2) is 5.99. The van der Waals surface area contributed by atoms with Crippen molar-refractivity contribution >= 4 is 22.9 Å². The Morgan fingerprint density at radius 1 is 1.26 bits per heavy atom. The van der Waals surface area contributed by atoms with E-state index in [4.69, 9.17) is 0 Å². The van der Waals surface area contributed by atoms with Gasteiger partial charge in [0.1, 0.15) is 0 Å². The molecule has 0 radical (unpaired) electrons. The number of aromatic nitrogens is 3. The maximum Gasteiger partial charge on any atom is 0.417 e. The minimum absolute atomic E-state index is 0.00663. The van der Waals surface area contributed by atoms with Gasteiger partial charge in [-0.05, 0) is 23.6 Å². The molecule has 0 atom stereocenters. The average molecular weight is 340 g/mol. The van der Waals surface area contributed by atoms with E-state index in [-0.39, 0.29) is 24.7 Å². The van der Waals surface area contributed by atoms with Gasteiger partial charge < -0.3 is 5.32 Å². The number of hydrogen-bond donors (Lipinski definition) is 1. The number of carbonyl (C=O) groups is 1. The zero-order chi connectivity index (χ0) is 16.4. The van der Waals surface area contributed by atoms with E-state index in [9.17, 15) is 18.0 Å². The van der Waals surface area contributed by atoms with Crippen molar-refractivity contribution in [3.8, 4) is 0 Å². The van der Waals surface area contributed by atoms with E-state index in [0.717, 1.165) is 17.1 Å². The van der Waals surface area contributed by atoms with Crippen LogP contribution in [0.2, 0.25) is 0 Å². The summed E-state index contributed by atoms with van der Waals surface area (Å²) in [5, 5.41) is 12.1. The van der Waals surface area contributed by atoms with Crippen molar-refractivity contribution in [2.24, 2.45) is 0 Å². The van der Waals surface area contributed by atoms with Crippen LogP contribution in [0.25, 0.3) is 5.65 Å². The summed E-state index contributed by atoms with van der Waals surface area (Å²) in [6.07, 6.45) is -3.30. The molecule has 3 aromatic rings. The second-order valence-electron chi connectivity index (χ2n) is 4.79. The normalized spacial score (nSPS) is 11.8. The number of carbonyl (C=O) groups excluding carboxylic acids is 1. The van der Waals surface area contributed by atoms with Crippen LogP contribution >= 0.6 is 11.3 Å². The molecule has 0 aliphatic heterocycles. The molecule has 23 heavy (non-hydrogen) atoms. The molecule has 120 valence electrons. The van der Waals surface area contributed by atoms with Gasteiger partial charge in [0, 0.05) is 11.1 Å². The van der Waals surface area contributed by atoms with E-state index < -0.39 is 11.7 Å². The van der Waals surface area contributed by atoms with Crippen molar-refractivity contribution in [3.05, 3.63) is 52.1 Å². The lowest BCUT2D eigenvalue weighted by Crippen LogP contribution is -2.25. The average Bonchev–Trinajstić information content (AvgIpc) is 3.13. The zero-order valence-corrected chi connectivity index (χ0v) is 12.5. The Kier molecular flexibility index (Phi) is 4.03. The van der Waals surface area contributed by atoms with E-state index in [1.165, 1.54) is 21.8 Å². The molecule has 0 unspecified atom stereocenters. The van der Waals surface area contributed by atoms with Crippen LogP contribution in [0.1, 0.15) is 16.3 Å². The van der Waals surface area contributed by atoms with Crippen LogP contribution in [-0.2, 0) is 23.9 Å². The fourth-order valence-corrected chi connectivity index (χ4v) is 2.74. The van der Waals surface area contributed by atoms with Crippen molar-refractivity contribution in [2.75, 3.05) is 0 Å². The Bertz CT molecular complexity index is 826. The highest BCUT2D eigenvalue weighted by molar-refractivity contribution is 7.10. The molecule has 0 bridgehead atoms. The third kappa shape index (κ3) is 3.50. The maximum absolute atomic E-state index is 12.8. The second-order valence-corrected chi connectivity index (χ2v) is 5.83. The first-order valence-corrected chi connectivity index (χ1v) is 7.51. The summed E-state index contributed by atoms with van der Waals surface area (Å²) in [7, 11) is 0. The number of nitrogens with one attached hydrogen (secondary N) is 1. The van der Waals surface area contributed by atoms with Gasteiger partial charge in [0.2, 0.25) is 5.91 Å². The lowest BCUT2D eigenvalue weighted by molar-refractivity contribution is -0.137. The highest BCUT2D eigenvalue weighted by atomic mass is 32.1. The Balaban J connectivity index is 1.73. The van der Waals surface area contributed by atoms with Gasteiger partial charge in [-0.25, -0.2) is 0 Å². The molecule has 3 heterocycles. The number of rotatable bonds is 4. The third-order valence-corrected chi connectivity index (χ3v) is 4.04. The van der Waals surface area contributed by atoms with Gasteiger partial charge in [0.15, 0.2) is 11.5 Å². The van der Waals surface area contributed by atoms with Crippen LogP contribution in [0, 0.1) is 0 Å². The van der Waals surface area contributed by atoms with Crippen LogP contribution in [0.4, 0.5) is 13.2 Å².